The Morgan fingerprint density at radius 1 is 1.55 bits per heavy atom. The molecule has 2 heterocycles. The van der Waals surface area contributed by atoms with E-state index in [2.05, 4.69) is 10.1 Å². The van der Waals surface area contributed by atoms with Gasteiger partial charge in [0, 0.05) is 12.3 Å². The van der Waals surface area contributed by atoms with Gasteiger partial charge in [-0.15, -0.1) is 0 Å². The first-order valence-electron chi connectivity index (χ1n) is 3.25. The number of aromatic nitrogens is 2. The lowest BCUT2D eigenvalue weighted by Crippen LogP contribution is -1.89. The maximum atomic E-state index is 5.59. The normalized spacial score (nSPS) is 10.6. The van der Waals surface area contributed by atoms with E-state index in [1.165, 1.54) is 0 Å². The molecule has 0 aliphatic carbocycles. The van der Waals surface area contributed by atoms with Crippen molar-refractivity contribution in [2.45, 2.75) is 6.92 Å². The average molecular weight is 149 g/mol. The summed E-state index contributed by atoms with van der Waals surface area (Å²) in [5.41, 5.74) is 7.06. The van der Waals surface area contributed by atoms with Gasteiger partial charge < -0.3 is 10.3 Å². The minimum atomic E-state index is 0.473. The first-order valence-corrected chi connectivity index (χ1v) is 3.25. The molecule has 0 aliphatic heterocycles. The Kier molecular flexibility index (Phi) is 1.09. The number of anilines is 1. The van der Waals surface area contributed by atoms with Crippen LogP contribution in [0.5, 0.6) is 0 Å². The van der Waals surface area contributed by atoms with Gasteiger partial charge in [-0.05, 0) is 6.92 Å². The Balaban J connectivity index is 2.96. The Bertz CT molecular complexity index is 393. The molecular weight excluding hydrogens is 142 g/mol. The summed E-state index contributed by atoms with van der Waals surface area (Å²) in [7, 11) is 0. The maximum absolute atomic E-state index is 5.59. The summed E-state index contributed by atoms with van der Waals surface area (Å²) >= 11 is 0. The lowest BCUT2D eigenvalue weighted by molar-refractivity contribution is 0.450. The minimum absolute atomic E-state index is 0.473. The van der Waals surface area contributed by atoms with Crippen LogP contribution in [0, 0.1) is 6.92 Å². The van der Waals surface area contributed by atoms with Crippen LogP contribution in [0.25, 0.3) is 11.0 Å². The first-order chi connectivity index (χ1) is 5.29. The van der Waals surface area contributed by atoms with Gasteiger partial charge in [-0.2, -0.15) is 0 Å². The quantitative estimate of drug-likeness (QED) is 0.609. The summed E-state index contributed by atoms with van der Waals surface area (Å²) in [6.45, 7) is 1.84. The molecule has 4 nitrogen and oxygen atoms in total. The molecule has 11 heavy (non-hydrogen) atoms. The van der Waals surface area contributed by atoms with Crippen molar-refractivity contribution < 1.29 is 4.52 Å². The van der Waals surface area contributed by atoms with Crippen molar-refractivity contribution in [1.82, 2.24) is 10.1 Å². The van der Waals surface area contributed by atoms with Crippen molar-refractivity contribution in [2.24, 2.45) is 0 Å². The summed E-state index contributed by atoms with van der Waals surface area (Å²) in [5, 5.41) is 4.57. The van der Waals surface area contributed by atoms with Crippen LogP contribution in [-0.4, -0.2) is 10.1 Å². The summed E-state index contributed by atoms with van der Waals surface area (Å²) in [6, 6.07) is 1.74. The van der Waals surface area contributed by atoms with E-state index in [-0.39, 0.29) is 0 Å². The molecule has 0 spiro atoms. The van der Waals surface area contributed by atoms with Crippen LogP contribution in [0.2, 0.25) is 0 Å². The number of rotatable bonds is 0. The van der Waals surface area contributed by atoms with Gasteiger partial charge in [0.05, 0.1) is 11.1 Å². The number of pyridine rings is 1. The number of nitrogen functional groups attached to an aromatic ring is 1. The fraction of sp³-hybridized carbons (Fsp3) is 0.143. The number of hydrogen-bond acceptors (Lipinski definition) is 4. The fourth-order valence-corrected chi connectivity index (χ4v) is 1.06. The zero-order valence-electron chi connectivity index (χ0n) is 6.03. The van der Waals surface area contributed by atoms with Crippen LogP contribution in [0.3, 0.4) is 0 Å². The van der Waals surface area contributed by atoms with Gasteiger partial charge in [0.25, 0.3) is 0 Å². The second-order valence-corrected chi connectivity index (χ2v) is 2.34. The van der Waals surface area contributed by atoms with Gasteiger partial charge in [0.2, 0.25) is 0 Å². The Labute approximate surface area is 63.0 Å². The number of fused-ring (bicyclic) bond motifs is 1. The average Bonchev–Trinajstić information content (AvgIpc) is 2.34. The zero-order chi connectivity index (χ0) is 7.84. The first kappa shape index (κ1) is 6.15. The lowest BCUT2D eigenvalue weighted by Gasteiger charge is -1.90. The summed E-state index contributed by atoms with van der Waals surface area (Å²) in [6.07, 6.45) is 1.60. The van der Waals surface area contributed by atoms with Crippen LogP contribution in [-0.2, 0) is 0 Å². The minimum Gasteiger partial charge on any atom is -0.383 e. The Morgan fingerprint density at radius 3 is 3.09 bits per heavy atom. The number of nitrogens with zero attached hydrogens (tertiary/aromatic N) is 2. The SMILES string of the molecule is Cc1noc2ccnc(N)c12. The molecule has 0 saturated heterocycles. The van der Waals surface area contributed by atoms with Crippen molar-refractivity contribution >= 4 is 16.8 Å². The number of hydrogen-bond donors (Lipinski definition) is 1. The summed E-state index contributed by atoms with van der Waals surface area (Å²) in [4.78, 5) is 3.92. The van der Waals surface area contributed by atoms with Crippen LogP contribution in [0.1, 0.15) is 5.69 Å². The molecule has 2 aromatic rings. The third-order valence-electron chi connectivity index (χ3n) is 1.58. The molecule has 0 atom stereocenters. The van der Waals surface area contributed by atoms with E-state index in [0.29, 0.717) is 11.4 Å². The van der Waals surface area contributed by atoms with E-state index >= 15 is 0 Å². The van der Waals surface area contributed by atoms with Gasteiger partial charge in [-0.25, -0.2) is 4.98 Å². The standard InChI is InChI=1S/C7H7N3O/c1-4-6-5(11-10-4)2-3-9-7(6)8/h2-3H,1H3,(H2,8,9). The highest BCUT2D eigenvalue weighted by molar-refractivity contribution is 5.88. The number of aryl methyl sites for hydroxylation is 1. The predicted molar refractivity (Wildman–Crippen MR) is 41.0 cm³/mol. The third-order valence-corrected chi connectivity index (χ3v) is 1.58. The van der Waals surface area contributed by atoms with E-state index in [9.17, 15) is 0 Å². The van der Waals surface area contributed by atoms with Crippen molar-refractivity contribution in [3.63, 3.8) is 0 Å². The summed E-state index contributed by atoms with van der Waals surface area (Å²) < 4.78 is 4.96. The van der Waals surface area contributed by atoms with Gasteiger partial charge in [0.15, 0.2) is 5.58 Å². The molecular formula is C7H7N3O. The molecule has 2 N–H and O–H groups in total. The Morgan fingerprint density at radius 2 is 2.36 bits per heavy atom. The van der Waals surface area contributed by atoms with Crippen LogP contribution >= 0.6 is 0 Å². The van der Waals surface area contributed by atoms with E-state index in [1.54, 1.807) is 12.3 Å². The van der Waals surface area contributed by atoms with E-state index in [4.69, 9.17) is 10.3 Å². The van der Waals surface area contributed by atoms with Crippen LogP contribution in [0.4, 0.5) is 5.82 Å². The van der Waals surface area contributed by atoms with Gasteiger partial charge in [-0.1, -0.05) is 5.16 Å². The predicted octanol–water partition coefficient (Wildman–Crippen LogP) is 1.11. The molecule has 0 unspecified atom stereocenters. The highest BCUT2D eigenvalue weighted by atomic mass is 16.5. The van der Waals surface area contributed by atoms with E-state index in [1.807, 2.05) is 6.92 Å². The maximum Gasteiger partial charge on any atom is 0.172 e. The molecule has 2 aromatic heterocycles. The second-order valence-electron chi connectivity index (χ2n) is 2.34. The molecule has 0 aliphatic rings. The van der Waals surface area contributed by atoms with Crippen molar-refractivity contribution in [2.75, 3.05) is 5.73 Å². The number of nitrogens with two attached hydrogens (primary N) is 1. The highest BCUT2D eigenvalue weighted by Crippen LogP contribution is 2.21. The van der Waals surface area contributed by atoms with Crippen molar-refractivity contribution in [1.29, 1.82) is 0 Å². The molecule has 2 rings (SSSR count). The van der Waals surface area contributed by atoms with Crippen molar-refractivity contribution in [3.8, 4) is 0 Å². The van der Waals surface area contributed by atoms with Gasteiger partial charge in [0.1, 0.15) is 5.82 Å². The van der Waals surface area contributed by atoms with Crippen LogP contribution in [0.15, 0.2) is 16.8 Å². The lowest BCUT2D eigenvalue weighted by atomic mass is 10.2. The molecule has 0 aromatic carbocycles. The molecule has 56 valence electrons. The third kappa shape index (κ3) is 0.756. The van der Waals surface area contributed by atoms with Gasteiger partial charge in [-0.3, -0.25) is 0 Å². The largest absolute Gasteiger partial charge is 0.383 e. The molecule has 0 saturated carbocycles. The topological polar surface area (TPSA) is 64.9 Å². The molecule has 0 radical (unpaired) electrons. The van der Waals surface area contributed by atoms with E-state index < -0.39 is 0 Å². The Hall–Kier alpha value is -1.58. The van der Waals surface area contributed by atoms with Crippen LogP contribution < -0.4 is 5.73 Å². The molecule has 0 amide bonds. The second kappa shape index (κ2) is 1.95. The monoisotopic (exact) mass is 149 g/mol. The zero-order valence-corrected chi connectivity index (χ0v) is 6.03. The highest BCUT2D eigenvalue weighted by Gasteiger charge is 2.06. The molecule has 4 heteroatoms. The molecule has 0 bridgehead atoms. The van der Waals surface area contributed by atoms with Crippen molar-refractivity contribution in [3.05, 3.63) is 18.0 Å². The summed E-state index contributed by atoms with van der Waals surface area (Å²) in [5.74, 6) is 0.473. The smallest absolute Gasteiger partial charge is 0.172 e. The van der Waals surface area contributed by atoms with E-state index in [0.717, 1.165) is 11.1 Å². The molecule has 0 fully saturated rings. The fourth-order valence-electron chi connectivity index (χ4n) is 1.06. The van der Waals surface area contributed by atoms with Gasteiger partial charge >= 0.3 is 0 Å².